The van der Waals surface area contributed by atoms with Gasteiger partial charge < -0.3 is 15.4 Å². The first kappa shape index (κ1) is 15.5. The lowest BCUT2D eigenvalue weighted by Crippen LogP contribution is -2.45. The molecule has 1 unspecified atom stereocenters. The van der Waals surface area contributed by atoms with Crippen LogP contribution < -0.4 is 15.4 Å². The van der Waals surface area contributed by atoms with E-state index >= 15 is 0 Å². The smallest absolute Gasteiger partial charge is 0.237 e. The number of para-hydroxylation sites is 1. The third-order valence-electron chi connectivity index (χ3n) is 2.86. The van der Waals surface area contributed by atoms with Gasteiger partial charge in [-0.2, -0.15) is 0 Å². The van der Waals surface area contributed by atoms with Crippen LogP contribution in [0.25, 0.3) is 0 Å². The van der Waals surface area contributed by atoms with Gasteiger partial charge in [0, 0.05) is 12.6 Å². The van der Waals surface area contributed by atoms with Crippen LogP contribution in [-0.2, 0) is 11.2 Å². The normalized spacial score (nSPS) is 12.3. The maximum absolute atomic E-state index is 11.7. The van der Waals surface area contributed by atoms with E-state index in [0.29, 0.717) is 0 Å². The van der Waals surface area contributed by atoms with Crippen molar-refractivity contribution in [2.45, 2.75) is 39.3 Å². The Morgan fingerprint density at radius 2 is 1.95 bits per heavy atom. The molecule has 0 saturated heterocycles. The van der Waals surface area contributed by atoms with Crippen LogP contribution in [0.2, 0.25) is 0 Å². The van der Waals surface area contributed by atoms with E-state index in [2.05, 4.69) is 10.6 Å². The second-order valence-corrected chi connectivity index (χ2v) is 4.90. The monoisotopic (exact) mass is 264 g/mol. The molecular formula is C15H24N2O2. The Kier molecular flexibility index (Phi) is 6.36. The Morgan fingerprint density at radius 1 is 1.26 bits per heavy atom. The van der Waals surface area contributed by atoms with Crippen molar-refractivity contribution in [1.29, 1.82) is 0 Å². The number of nitrogens with one attached hydrogen (secondary N) is 2. The minimum atomic E-state index is -0.183. The molecule has 4 heteroatoms. The first-order valence-electron chi connectivity index (χ1n) is 6.70. The molecule has 0 aliphatic heterocycles. The standard InChI is InChI=1S/C15H24N2O2/c1-11(2)17-15(18)12(3)16-10-9-13-7-5-6-8-14(13)19-4/h5-8,11-12,16H,9-10H2,1-4H3,(H,17,18). The minimum Gasteiger partial charge on any atom is -0.496 e. The van der Waals surface area contributed by atoms with Gasteiger partial charge in [-0.3, -0.25) is 4.79 Å². The fourth-order valence-corrected chi connectivity index (χ4v) is 1.84. The van der Waals surface area contributed by atoms with Crippen LogP contribution in [0.4, 0.5) is 0 Å². The summed E-state index contributed by atoms with van der Waals surface area (Å²) in [5.41, 5.74) is 1.15. The molecule has 0 aliphatic rings. The van der Waals surface area contributed by atoms with E-state index < -0.39 is 0 Å². The number of carbonyl (C=O) groups is 1. The van der Waals surface area contributed by atoms with Crippen molar-refractivity contribution in [3.05, 3.63) is 29.8 Å². The molecule has 0 aliphatic carbocycles. The van der Waals surface area contributed by atoms with Crippen molar-refractivity contribution in [3.8, 4) is 5.75 Å². The van der Waals surface area contributed by atoms with E-state index in [9.17, 15) is 4.79 Å². The highest BCUT2D eigenvalue weighted by Gasteiger charge is 2.12. The lowest BCUT2D eigenvalue weighted by atomic mass is 10.1. The van der Waals surface area contributed by atoms with Crippen molar-refractivity contribution >= 4 is 5.91 Å². The number of hydrogen-bond acceptors (Lipinski definition) is 3. The molecule has 0 radical (unpaired) electrons. The van der Waals surface area contributed by atoms with Crippen LogP contribution in [0.15, 0.2) is 24.3 Å². The van der Waals surface area contributed by atoms with Crippen LogP contribution in [0, 0.1) is 0 Å². The van der Waals surface area contributed by atoms with Crippen LogP contribution in [0.5, 0.6) is 5.75 Å². The number of carbonyl (C=O) groups excluding carboxylic acids is 1. The Morgan fingerprint density at radius 3 is 2.58 bits per heavy atom. The molecule has 0 heterocycles. The molecule has 1 aromatic rings. The Bertz CT molecular complexity index is 405. The van der Waals surface area contributed by atoms with Gasteiger partial charge in [0.05, 0.1) is 13.2 Å². The van der Waals surface area contributed by atoms with Gasteiger partial charge in [0.25, 0.3) is 0 Å². The number of hydrogen-bond donors (Lipinski definition) is 2. The summed E-state index contributed by atoms with van der Waals surface area (Å²) in [4.78, 5) is 11.7. The van der Waals surface area contributed by atoms with E-state index in [4.69, 9.17) is 4.74 Å². The second-order valence-electron chi connectivity index (χ2n) is 4.90. The van der Waals surface area contributed by atoms with E-state index in [0.717, 1.165) is 24.3 Å². The molecule has 0 bridgehead atoms. The first-order chi connectivity index (χ1) is 9.04. The molecule has 1 rings (SSSR count). The van der Waals surface area contributed by atoms with E-state index in [1.807, 2.05) is 45.0 Å². The number of methoxy groups -OCH3 is 1. The SMILES string of the molecule is COc1ccccc1CCNC(C)C(=O)NC(C)C. The quantitative estimate of drug-likeness (QED) is 0.788. The Balaban J connectivity index is 2.39. The van der Waals surface area contributed by atoms with E-state index in [1.165, 1.54) is 0 Å². The van der Waals surface area contributed by atoms with Crippen molar-refractivity contribution in [1.82, 2.24) is 10.6 Å². The topological polar surface area (TPSA) is 50.4 Å². The van der Waals surface area contributed by atoms with Crippen molar-refractivity contribution in [2.24, 2.45) is 0 Å². The highest BCUT2D eigenvalue weighted by Crippen LogP contribution is 2.17. The summed E-state index contributed by atoms with van der Waals surface area (Å²) in [6, 6.07) is 7.92. The summed E-state index contributed by atoms with van der Waals surface area (Å²) in [5.74, 6) is 0.929. The fourth-order valence-electron chi connectivity index (χ4n) is 1.84. The molecular weight excluding hydrogens is 240 g/mol. The average molecular weight is 264 g/mol. The molecule has 106 valence electrons. The molecule has 19 heavy (non-hydrogen) atoms. The molecule has 1 atom stereocenters. The fraction of sp³-hybridized carbons (Fsp3) is 0.533. The van der Waals surface area contributed by atoms with Gasteiger partial charge in [-0.1, -0.05) is 18.2 Å². The van der Waals surface area contributed by atoms with Gasteiger partial charge in [0.2, 0.25) is 5.91 Å². The molecule has 0 aromatic heterocycles. The second kappa shape index (κ2) is 7.79. The third kappa shape index (κ3) is 5.30. The molecule has 0 fully saturated rings. The molecule has 0 spiro atoms. The summed E-state index contributed by atoms with van der Waals surface area (Å²) in [5, 5.41) is 6.11. The lowest BCUT2D eigenvalue weighted by molar-refractivity contribution is -0.123. The summed E-state index contributed by atoms with van der Waals surface area (Å²) >= 11 is 0. The Labute approximate surface area is 115 Å². The lowest BCUT2D eigenvalue weighted by Gasteiger charge is -2.16. The summed E-state index contributed by atoms with van der Waals surface area (Å²) in [6.45, 7) is 6.53. The summed E-state index contributed by atoms with van der Waals surface area (Å²) < 4.78 is 5.30. The molecule has 0 saturated carbocycles. The maximum Gasteiger partial charge on any atom is 0.237 e. The zero-order valence-corrected chi connectivity index (χ0v) is 12.2. The number of rotatable bonds is 7. The highest BCUT2D eigenvalue weighted by molar-refractivity contribution is 5.81. The van der Waals surface area contributed by atoms with Crippen molar-refractivity contribution < 1.29 is 9.53 Å². The van der Waals surface area contributed by atoms with Gasteiger partial charge in [-0.25, -0.2) is 0 Å². The van der Waals surface area contributed by atoms with Crippen molar-refractivity contribution in [3.63, 3.8) is 0 Å². The van der Waals surface area contributed by atoms with Crippen LogP contribution >= 0.6 is 0 Å². The molecule has 1 amide bonds. The minimum absolute atomic E-state index is 0.0371. The number of benzene rings is 1. The van der Waals surface area contributed by atoms with Gasteiger partial charge in [0.1, 0.15) is 5.75 Å². The zero-order valence-electron chi connectivity index (χ0n) is 12.2. The molecule has 4 nitrogen and oxygen atoms in total. The summed E-state index contributed by atoms with van der Waals surface area (Å²) in [7, 11) is 1.67. The van der Waals surface area contributed by atoms with Crippen molar-refractivity contribution in [2.75, 3.05) is 13.7 Å². The summed E-state index contributed by atoms with van der Waals surface area (Å²) in [6.07, 6.45) is 0.837. The van der Waals surface area contributed by atoms with Crippen LogP contribution in [0.3, 0.4) is 0 Å². The van der Waals surface area contributed by atoms with E-state index in [1.54, 1.807) is 7.11 Å². The largest absolute Gasteiger partial charge is 0.496 e. The number of ether oxygens (including phenoxy) is 1. The zero-order chi connectivity index (χ0) is 14.3. The predicted molar refractivity (Wildman–Crippen MR) is 77.4 cm³/mol. The molecule has 2 N–H and O–H groups in total. The molecule has 1 aromatic carbocycles. The average Bonchev–Trinajstić information content (AvgIpc) is 2.38. The highest BCUT2D eigenvalue weighted by atomic mass is 16.5. The van der Waals surface area contributed by atoms with Crippen LogP contribution in [-0.4, -0.2) is 31.6 Å². The van der Waals surface area contributed by atoms with Gasteiger partial charge >= 0.3 is 0 Å². The van der Waals surface area contributed by atoms with E-state index in [-0.39, 0.29) is 18.0 Å². The third-order valence-corrected chi connectivity index (χ3v) is 2.86. The Hall–Kier alpha value is -1.55. The van der Waals surface area contributed by atoms with Crippen LogP contribution in [0.1, 0.15) is 26.3 Å². The number of amides is 1. The van der Waals surface area contributed by atoms with Gasteiger partial charge in [-0.05, 0) is 38.8 Å². The first-order valence-corrected chi connectivity index (χ1v) is 6.70. The van der Waals surface area contributed by atoms with Gasteiger partial charge in [-0.15, -0.1) is 0 Å². The maximum atomic E-state index is 11.7. The predicted octanol–water partition coefficient (Wildman–Crippen LogP) is 1.74. The van der Waals surface area contributed by atoms with Gasteiger partial charge in [0.15, 0.2) is 0 Å².